The van der Waals surface area contributed by atoms with Gasteiger partial charge < -0.3 is 19.4 Å². The molecule has 1 aliphatic heterocycles. The summed E-state index contributed by atoms with van der Waals surface area (Å²) < 4.78 is 3.94. The van der Waals surface area contributed by atoms with Crippen LogP contribution in [0.4, 0.5) is 0 Å². The number of fused-ring (bicyclic) bond motifs is 2. The third kappa shape index (κ3) is 3.43. The summed E-state index contributed by atoms with van der Waals surface area (Å²) in [6.45, 7) is 3.44. The zero-order chi connectivity index (χ0) is 22.2. The van der Waals surface area contributed by atoms with Gasteiger partial charge in [-0.3, -0.25) is 14.6 Å². The van der Waals surface area contributed by atoms with Gasteiger partial charge in [0.25, 0.3) is 11.8 Å². The number of benzene rings is 1. The molecular formula is C24H24N6O2. The summed E-state index contributed by atoms with van der Waals surface area (Å²) in [6, 6.07) is 13.2. The predicted octanol–water partition coefficient (Wildman–Crippen LogP) is 2.92. The molecule has 2 amide bonds. The molecule has 0 spiro atoms. The molecule has 32 heavy (non-hydrogen) atoms. The van der Waals surface area contributed by atoms with E-state index < -0.39 is 0 Å². The standard InChI is InChI=1S/C24H24N6O2/c1-16-22-27-20(23(31)26-13-17-7-5-6-10-25-17)15-29(22)11-12-30(16)24(32)19-14-28(2)21-9-4-3-8-18(19)21/h3-10,14-16H,11-13H2,1-2H3,(H,26,31). The highest BCUT2D eigenvalue weighted by molar-refractivity contribution is 6.07. The number of aromatic nitrogens is 4. The molecule has 0 fully saturated rings. The number of nitrogens with one attached hydrogen (secondary N) is 1. The Balaban J connectivity index is 1.35. The van der Waals surface area contributed by atoms with Gasteiger partial charge in [0.1, 0.15) is 11.5 Å². The van der Waals surface area contributed by atoms with Gasteiger partial charge in [0, 0.05) is 49.6 Å². The first-order chi connectivity index (χ1) is 15.5. The van der Waals surface area contributed by atoms with Crippen molar-refractivity contribution in [3.8, 4) is 0 Å². The number of rotatable bonds is 4. The fraction of sp³-hybridized carbons (Fsp3) is 0.250. The Kier molecular flexibility index (Phi) is 4.97. The number of amides is 2. The summed E-state index contributed by atoms with van der Waals surface area (Å²) >= 11 is 0. The lowest BCUT2D eigenvalue weighted by atomic mass is 10.1. The van der Waals surface area contributed by atoms with Gasteiger partial charge >= 0.3 is 0 Å². The van der Waals surface area contributed by atoms with Gasteiger partial charge in [-0.25, -0.2) is 4.98 Å². The Morgan fingerprint density at radius 2 is 1.91 bits per heavy atom. The van der Waals surface area contributed by atoms with Gasteiger partial charge in [-0.05, 0) is 25.1 Å². The van der Waals surface area contributed by atoms with E-state index in [9.17, 15) is 9.59 Å². The average Bonchev–Trinajstić information content (AvgIpc) is 3.40. The topological polar surface area (TPSA) is 85.1 Å². The van der Waals surface area contributed by atoms with Gasteiger partial charge in [-0.15, -0.1) is 0 Å². The lowest BCUT2D eigenvalue weighted by molar-refractivity contribution is 0.0639. The molecule has 1 aliphatic rings. The number of carbonyl (C=O) groups is 2. The molecule has 8 nitrogen and oxygen atoms in total. The molecule has 0 aliphatic carbocycles. The second-order valence-electron chi connectivity index (χ2n) is 8.03. The fourth-order valence-corrected chi connectivity index (χ4v) is 4.31. The van der Waals surface area contributed by atoms with E-state index in [4.69, 9.17) is 0 Å². The summed E-state index contributed by atoms with van der Waals surface area (Å²) in [4.78, 5) is 36.7. The molecule has 0 radical (unpaired) electrons. The number of hydrogen-bond acceptors (Lipinski definition) is 4. The minimum atomic E-state index is -0.253. The SMILES string of the molecule is CC1c2nc(C(=O)NCc3ccccn3)cn2CCN1C(=O)c1cn(C)c2ccccc12. The Morgan fingerprint density at radius 1 is 1.09 bits per heavy atom. The van der Waals surface area contributed by atoms with Crippen molar-refractivity contribution in [2.45, 2.75) is 26.1 Å². The van der Waals surface area contributed by atoms with Crippen molar-refractivity contribution in [3.63, 3.8) is 0 Å². The maximum atomic E-state index is 13.4. The van der Waals surface area contributed by atoms with Crippen LogP contribution in [0.1, 0.15) is 45.3 Å². The van der Waals surface area contributed by atoms with Gasteiger partial charge in [0.15, 0.2) is 0 Å². The molecule has 0 saturated heterocycles. The van der Waals surface area contributed by atoms with Crippen molar-refractivity contribution in [2.75, 3.05) is 6.54 Å². The molecule has 4 aromatic rings. The van der Waals surface area contributed by atoms with Crippen LogP contribution in [0.2, 0.25) is 0 Å². The second kappa shape index (κ2) is 7.96. The zero-order valence-electron chi connectivity index (χ0n) is 18.0. The van der Waals surface area contributed by atoms with Gasteiger partial charge in [0.2, 0.25) is 0 Å². The van der Waals surface area contributed by atoms with Crippen LogP contribution in [0, 0.1) is 0 Å². The van der Waals surface area contributed by atoms with Crippen molar-refractivity contribution in [1.29, 1.82) is 0 Å². The maximum Gasteiger partial charge on any atom is 0.271 e. The molecule has 0 bridgehead atoms. The highest BCUT2D eigenvalue weighted by Gasteiger charge is 2.32. The van der Waals surface area contributed by atoms with E-state index in [1.54, 1.807) is 12.4 Å². The van der Waals surface area contributed by atoms with E-state index in [1.807, 2.05) is 76.7 Å². The van der Waals surface area contributed by atoms with Crippen LogP contribution in [0.5, 0.6) is 0 Å². The van der Waals surface area contributed by atoms with E-state index in [0.717, 1.165) is 16.6 Å². The first kappa shape index (κ1) is 20.0. The van der Waals surface area contributed by atoms with Gasteiger partial charge in [-0.1, -0.05) is 24.3 Å². The zero-order valence-corrected chi connectivity index (χ0v) is 18.0. The van der Waals surface area contributed by atoms with Crippen LogP contribution in [0.25, 0.3) is 10.9 Å². The number of carbonyl (C=O) groups excluding carboxylic acids is 2. The molecule has 0 saturated carbocycles. The van der Waals surface area contributed by atoms with Crippen LogP contribution in [-0.2, 0) is 20.1 Å². The molecule has 3 aromatic heterocycles. The Bertz CT molecular complexity index is 1310. The van der Waals surface area contributed by atoms with Crippen LogP contribution in [-0.4, -0.2) is 42.4 Å². The lowest BCUT2D eigenvalue weighted by Gasteiger charge is -2.33. The van der Waals surface area contributed by atoms with Gasteiger partial charge in [-0.2, -0.15) is 0 Å². The van der Waals surface area contributed by atoms with Crippen molar-refractivity contribution in [2.24, 2.45) is 7.05 Å². The third-order valence-corrected chi connectivity index (χ3v) is 6.01. The quantitative estimate of drug-likeness (QED) is 0.542. The van der Waals surface area contributed by atoms with Crippen LogP contribution < -0.4 is 5.32 Å². The van der Waals surface area contributed by atoms with Crippen molar-refractivity contribution < 1.29 is 9.59 Å². The summed E-state index contributed by atoms with van der Waals surface area (Å²) in [7, 11) is 1.95. The van der Waals surface area contributed by atoms with Crippen LogP contribution in [0.3, 0.4) is 0 Å². The number of nitrogens with zero attached hydrogens (tertiary/aromatic N) is 5. The number of para-hydroxylation sites is 1. The molecule has 162 valence electrons. The molecule has 1 unspecified atom stereocenters. The Labute approximate surface area is 185 Å². The minimum absolute atomic E-state index is 0.0234. The predicted molar refractivity (Wildman–Crippen MR) is 120 cm³/mol. The molecule has 1 N–H and O–H groups in total. The van der Waals surface area contributed by atoms with E-state index in [2.05, 4.69) is 15.3 Å². The van der Waals surface area contributed by atoms with Crippen molar-refractivity contribution in [3.05, 3.63) is 83.8 Å². The lowest BCUT2D eigenvalue weighted by Crippen LogP contribution is -2.41. The second-order valence-corrected chi connectivity index (χ2v) is 8.03. The van der Waals surface area contributed by atoms with Crippen LogP contribution in [0.15, 0.2) is 61.1 Å². The highest BCUT2D eigenvalue weighted by atomic mass is 16.2. The Hall–Kier alpha value is -3.94. The van der Waals surface area contributed by atoms with E-state index in [0.29, 0.717) is 36.7 Å². The molecule has 1 atom stereocenters. The summed E-state index contributed by atoms with van der Waals surface area (Å²) in [5, 5.41) is 3.80. The average molecular weight is 428 g/mol. The minimum Gasteiger partial charge on any atom is -0.350 e. The number of pyridine rings is 1. The highest BCUT2D eigenvalue weighted by Crippen LogP contribution is 2.29. The van der Waals surface area contributed by atoms with E-state index in [-0.39, 0.29) is 17.9 Å². The third-order valence-electron chi connectivity index (χ3n) is 6.01. The molecule has 8 heteroatoms. The molecule has 1 aromatic carbocycles. The fourth-order valence-electron chi connectivity index (χ4n) is 4.31. The van der Waals surface area contributed by atoms with E-state index in [1.165, 1.54) is 0 Å². The summed E-state index contributed by atoms with van der Waals surface area (Å²) in [5.74, 6) is 0.439. The van der Waals surface area contributed by atoms with Crippen molar-refractivity contribution in [1.82, 2.24) is 29.3 Å². The number of aryl methyl sites for hydroxylation is 1. The summed E-state index contributed by atoms with van der Waals surface area (Å²) in [6.07, 6.45) is 5.34. The smallest absolute Gasteiger partial charge is 0.271 e. The number of hydrogen-bond donors (Lipinski definition) is 1. The first-order valence-corrected chi connectivity index (χ1v) is 10.6. The normalized spacial score (nSPS) is 15.6. The van der Waals surface area contributed by atoms with Crippen molar-refractivity contribution >= 4 is 22.7 Å². The summed E-state index contributed by atoms with van der Waals surface area (Å²) in [5.41, 5.74) is 2.84. The molecular weight excluding hydrogens is 404 g/mol. The molecule has 4 heterocycles. The largest absolute Gasteiger partial charge is 0.350 e. The maximum absolute atomic E-state index is 13.4. The van der Waals surface area contributed by atoms with Gasteiger partial charge in [0.05, 0.1) is 23.8 Å². The monoisotopic (exact) mass is 428 g/mol. The van der Waals surface area contributed by atoms with E-state index >= 15 is 0 Å². The Morgan fingerprint density at radius 3 is 2.72 bits per heavy atom. The first-order valence-electron chi connectivity index (χ1n) is 10.6. The van der Waals surface area contributed by atoms with Crippen LogP contribution >= 0.6 is 0 Å². The number of imidazole rings is 1. The molecule has 5 rings (SSSR count).